The van der Waals surface area contributed by atoms with E-state index < -0.39 is 0 Å². The number of nitrogens with one attached hydrogen (secondary N) is 1. The summed E-state index contributed by atoms with van der Waals surface area (Å²) in [5, 5.41) is 1.84. The molecule has 2 aromatic heterocycles. The molecule has 0 radical (unpaired) electrons. The van der Waals surface area contributed by atoms with E-state index in [1.807, 2.05) is 24.3 Å². The number of nitrogens with two attached hydrogens (primary N) is 1. The van der Waals surface area contributed by atoms with E-state index in [0.29, 0.717) is 5.19 Å². The number of hydrogen-bond donors (Lipinski definition) is 2. The average Bonchev–Trinajstić information content (AvgIpc) is 3.35. The maximum absolute atomic E-state index is 11.3. The van der Waals surface area contributed by atoms with Gasteiger partial charge in [-0.05, 0) is 68.2 Å². The molecule has 1 amide bonds. The lowest BCUT2D eigenvalue weighted by atomic mass is 9.96. The minimum absolute atomic E-state index is 0.0385. The molecule has 4 aromatic rings. The Labute approximate surface area is 178 Å². The molecule has 0 spiro atoms. The van der Waals surface area contributed by atoms with Gasteiger partial charge in [-0.25, -0.2) is 4.98 Å². The lowest BCUT2D eigenvalue weighted by Crippen LogP contribution is -2.39. The zero-order valence-electron chi connectivity index (χ0n) is 16.6. The number of para-hydroxylation sites is 1. The van der Waals surface area contributed by atoms with Crippen LogP contribution in [0.1, 0.15) is 18.4 Å². The Morgan fingerprint density at radius 3 is 2.87 bits per heavy atom. The molecule has 6 nitrogen and oxygen atoms in total. The third-order valence-corrected chi connectivity index (χ3v) is 6.82. The lowest BCUT2D eigenvalue weighted by Gasteiger charge is -2.30. The van der Waals surface area contributed by atoms with Gasteiger partial charge in [0.15, 0.2) is 0 Å². The third kappa shape index (κ3) is 3.91. The van der Waals surface area contributed by atoms with Gasteiger partial charge < -0.3 is 20.4 Å². The highest BCUT2D eigenvalue weighted by molar-refractivity contribution is 7.20. The monoisotopic (exact) mass is 420 g/mol. The molecule has 3 N–H and O–H groups in total. The summed E-state index contributed by atoms with van der Waals surface area (Å²) in [5.41, 5.74) is 8.78. The molecule has 1 aliphatic heterocycles. The first-order valence-electron chi connectivity index (χ1n) is 10.3. The number of ether oxygens (including phenoxy) is 1. The molecule has 1 aliphatic rings. The van der Waals surface area contributed by atoms with Crippen molar-refractivity contribution < 1.29 is 9.53 Å². The number of hydrogen-bond acceptors (Lipinski definition) is 5. The zero-order valence-corrected chi connectivity index (χ0v) is 17.5. The number of benzene rings is 2. The Kier molecular flexibility index (Phi) is 5.14. The van der Waals surface area contributed by atoms with E-state index >= 15 is 0 Å². The van der Waals surface area contributed by atoms with Crippen molar-refractivity contribution in [3.63, 3.8) is 0 Å². The van der Waals surface area contributed by atoms with E-state index in [1.54, 1.807) is 11.3 Å². The van der Waals surface area contributed by atoms with Crippen molar-refractivity contribution in [3.05, 3.63) is 54.2 Å². The van der Waals surface area contributed by atoms with Crippen molar-refractivity contribution in [2.75, 3.05) is 19.6 Å². The molecule has 0 saturated carbocycles. The van der Waals surface area contributed by atoms with Gasteiger partial charge in [-0.2, -0.15) is 0 Å². The standard InChI is InChI=1S/C23H24N4O2S/c24-22(28)15-7-10-27(11-8-15)12-9-16-14-25-19-6-5-17(13-18(16)19)29-23-26-20-3-1-2-4-21(20)30-23/h1-6,13-15,25H,7-12H2,(H2,24,28). The maximum atomic E-state index is 11.3. The van der Waals surface area contributed by atoms with Crippen LogP contribution in [0, 0.1) is 5.92 Å². The molecular weight excluding hydrogens is 396 g/mol. The van der Waals surface area contributed by atoms with Gasteiger partial charge in [-0.15, -0.1) is 0 Å². The van der Waals surface area contributed by atoms with Crippen LogP contribution in [0.25, 0.3) is 21.1 Å². The molecule has 0 bridgehead atoms. The van der Waals surface area contributed by atoms with Crippen molar-refractivity contribution in [1.82, 2.24) is 14.9 Å². The van der Waals surface area contributed by atoms with Crippen LogP contribution in [0.5, 0.6) is 10.9 Å². The fraction of sp³-hybridized carbons (Fsp3) is 0.304. The van der Waals surface area contributed by atoms with Crippen LogP contribution in [-0.2, 0) is 11.2 Å². The first-order valence-corrected chi connectivity index (χ1v) is 11.1. The summed E-state index contributed by atoms with van der Waals surface area (Å²) >= 11 is 1.55. The highest BCUT2D eigenvalue weighted by Crippen LogP contribution is 2.33. The summed E-state index contributed by atoms with van der Waals surface area (Å²) in [5.74, 6) is 0.674. The Balaban J connectivity index is 1.28. The summed E-state index contributed by atoms with van der Waals surface area (Å²) in [6.45, 7) is 2.84. The Bertz CT molecular complexity index is 1160. The number of primary amides is 1. The normalized spacial score (nSPS) is 15.7. The second kappa shape index (κ2) is 8.08. The van der Waals surface area contributed by atoms with Crippen LogP contribution in [0.4, 0.5) is 0 Å². The van der Waals surface area contributed by atoms with Crippen LogP contribution in [-0.4, -0.2) is 40.4 Å². The van der Waals surface area contributed by atoms with Gasteiger partial charge in [0.25, 0.3) is 5.19 Å². The maximum Gasteiger partial charge on any atom is 0.279 e. The molecule has 0 unspecified atom stereocenters. The first-order chi connectivity index (χ1) is 14.7. The predicted octanol–water partition coefficient (Wildman–Crippen LogP) is 4.31. The second-order valence-corrected chi connectivity index (χ2v) is 8.83. The van der Waals surface area contributed by atoms with Crippen molar-refractivity contribution in [2.45, 2.75) is 19.3 Å². The van der Waals surface area contributed by atoms with Gasteiger partial charge in [0.1, 0.15) is 5.75 Å². The molecular formula is C23H24N4O2S. The van der Waals surface area contributed by atoms with Crippen molar-refractivity contribution >= 4 is 38.4 Å². The fourth-order valence-corrected chi connectivity index (χ4v) is 4.98. The summed E-state index contributed by atoms with van der Waals surface area (Å²) < 4.78 is 7.19. The van der Waals surface area contributed by atoms with Gasteiger partial charge in [0, 0.05) is 29.6 Å². The summed E-state index contributed by atoms with van der Waals surface area (Å²) in [6, 6.07) is 14.2. The van der Waals surface area contributed by atoms with Gasteiger partial charge in [-0.3, -0.25) is 4.79 Å². The van der Waals surface area contributed by atoms with Gasteiger partial charge in [0.05, 0.1) is 10.2 Å². The number of nitrogens with zero attached hydrogens (tertiary/aromatic N) is 2. The number of likely N-dealkylation sites (tertiary alicyclic amines) is 1. The van der Waals surface area contributed by atoms with Gasteiger partial charge in [-0.1, -0.05) is 23.5 Å². The number of piperidine rings is 1. The average molecular weight is 421 g/mol. The van der Waals surface area contributed by atoms with Gasteiger partial charge in [0.2, 0.25) is 5.91 Å². The first kappa shape index (κ1) is 19.1. The third-order valence-electron chi connectivity index (χ3n) is 5.91. The fourth-order valence-electron chi connectivity index (χ4n) is 4.14. The number of carbonyl (C=O) groups is 1. The Hall–Kier alpha value is -2.90. The number of aromatic nitrogens is 2. The summed E-state index contributed by atoms with van der Waals surface area (Å²) in [7, 11) is 0. The van der Waals surface area contributed by atoms with Crippen LogP contribution in [0.2, 0.25) is 0 Å². The van der Waals surface area contributed by atoms with E-state index in [0.717, 1.165) is 60.4 Å². The smallest absolute Gasteiger partial charge is 0.279 e. The van der Waals surface area contributed by atoms with Crippen LogP contribution >= 0.6 is 11.3 Å². The molecule has 5 rings (SSSR count). The minimum atomic E-state index is -0.160. The Morgan fingerprint density at radius 2 is 2.07 bits per heavy atom. The quantitative estimate of drug-likeness (QED) is 0.487. The molecule has 0 atom stereocenters. The molecule has 154 valence electrons. The van der Waals surface area contributed by atoms with Crippen molar-refractivity contribution in [2.24, 2.45) is 11.7 Å². The molecule has 0 aliphatic carbocycles. The second-order valence-electron chi connectivity index (χ2n) is 7.84. The number of thiazole rings is 1. The van der Waals surface area contributed by atoms with E-state index in [-0.39, 0.29) is 11.8 Å². The SMILES string of the molecule is NC(=O)C1CCN(CCc2c[nH]c3ccc(Oc4nc5ccccc5s4)cc23)CC1. The predicted molar refractivity (Wildman–Crippen MR) is 120 cm³/mol. The number of rotatable bonds is 6. The highest BCUT2D eigenvalue weighted by Gasteiger charge is 2.22. The minimum Gasteiger partial charge on any atom is -0.431 e. The number of carbonyl (C=O) groups excluding carboxylic acids is 1. The number of fused-ring (bicyclic) bond motifs is 2. The largest absolute Gasteiger partial charge is 0.431 e. The molecule has 30 heavy (non-hydrogen) atoms. The summed E-state index contributed by atoms with van der Waals surface area (Å²) in [4.78, 5) is 21.7. The molecule has 1 saturated heterocycles. The van der Waals surface area contributed by atoms with Crippen LogP contribution < -0.4 is 10.5 Å². The topological polar surface area (TPSA) is 84.2 Å². The highest BCUT2D eigenvalue weighted by atomic mass is 32.1. The number of aromatic amines is 1. The molecule has 3 heterocycles. The Morgan fingerprint density at radius 1 is 1.23 bits per heavy atom. The van der Waals surface area contributed by atoms with E-state index in [2.05, 4.69) is 39.3 Å². The zero-order chi connectivity index (χ0) is 20.5. The number of H-pyrrole nitrogens is 1. The van der Waals surface area contributed by atoms with E-state index in [1.165, 1.54) is 10.9 Å². The lowest BCUT2D eigenvalue weighted by molar-refractivity contribution is -0.123. The molecule has 2 aromatic carbocycles. The van der Waals surface area contributed by atoms with Crippen molar-refractivity contribution in [3.8, 4) is 10.9 Å². The summed E-state index contributed by atoms with van der Waals surface area (Å²) in [6.07, 6.45) is 4.76. The van der Waals surface area contributed by atoms with Crippen LogP contribution in [0.15, 0.2) is 48.7 Å². The van der Waals surface area contributed by atoms with E-state index in [4.69, 9.17) is 10.5 Å². The van der Waals surface area contributed by atoms with Crippen molar-refractivity contribution in [1.29, 1.82) is 0 Å². The number of amides is 1. The molecule has 7 heteroatoms. The van der Waals surface area contributed by atoms with Crippen LogP contribution in [0.3, 0.4) is 0 Å². The van der Waals surface area contributed by atoms with Gasteiger partial charge >= 0.3 is 0 Å². The molecule has 1 fully saturated rings. The van der Waals surface area contributed by atoms with E-state index in [9.17, 15) is 4.79 Å².